The van der Waals surface area contributed by atoms with Crippen LogP contribution in [0.5, 0.6) is 0 Å². The molecule has 1 saturated heterocycles. The summed E-state index contributed by atoms with van der Waals surface area (Å²) in [5.41, 5.74) is 1.79. The van der Waals surface area contributed by atoms with Crippen molar-refractivity contribution in [2.24, 2.45) is 5.92 Å². The van der Waals surface area contributed by atoms with Gasteiger partial charge in [-0.1, -0.05) is 41.4 Å². The second-order valence-electron chi connectivity index (χ2n) is 5.71. The van der Waals surface area contributed by atoms with Crippen molar-refractivity contribution in [1.29, 1.82) is 0 Å². The molecule has 120 valence electrons. The van der Waals surface area contributed by atoms with E-state index in [2.05, 4.69) is 22.3 Å². The number of piperidine rings is 1. The summed E-state index contributed by atoms with van der Waals surface area (Å²) in [6, 6.07) is 15.4. The van der Waals surface area contributed by atoms with Gasteiger partial charge in [-0.25, -0.2) is 0 Å². The monoisotopic (exact) mass is 348 g/mol. The molecule has 0 unspecified atom stereocenters. The van der Waals surface area contributed by atoms with Gasteiger partial charge in [-0.05, 0) is 43.2 Å². The van der Waals surface area contributed by atoms with Crippen LogP contribution in [-0.4, -0.2) is 19.0 Å². The van der Waals surface area contributed by atoms with Crippen LogP contribution in [0.1, 0.15) is 12.8 Å². The summed E-state index contributed by atoms with van der Waals surface area (Å²) in [6.45, 7) is 1.76. The second-order valence-corrected chi connectivity index (χ2v) is 6.55. The van der Waals surface area contributed by atoms with Gasteiger partial charge in [-0.2, -0.15) is 0 Å². The van der Waals surface area contributed by atoms with Gasteiger partial charge >= 0.3 is 0 Å². The molecule has 0 bridgehead atoms. The molecule has 1 aliphatic heterocycles. The van der Waals surface area contributed by atoms with Crippen molar-refractivity contribution in [3.8, 4) is 0 Å². The van der Waals surface area contributed by atoms with Crippen molar-refractivity contribution >= 4 is 40.5 Å². The number of carbonyl (C=O) groups is 1. The van der Waals surface area contributed by atoms with Gasteiger partial charge in [0.15, 0.2) is 0 Å². The SMILES string of the molecule is O=C(Nc1cc(Cl)ccc1Cl)C1CCN(c2ccccc2)CC1. The number of rotatable bonds is 3. The van der Waals surface area contributed by atoms with Gasteiger partial charge < -0.3 is 10.2 Å². The van der Waals surface area contributed by atoms with Crippen molar-refractivity contribution in [3.05, 3.63) is 58.6 Å². The summed E-state index contributed by atoms with van der Waals surface area (Å²) in [5, 5.41) is 3.96. The third-order valence-corrected chi connectivity index (χ3v) is 4.74. The minimum atomic E-state index is 0.00464. The first-order valence-corrected chi connectivity index (χ1v) is 8.45. The highest BCUT2D eigenvalue weighted by Gasteiger charge is 2.25. The third kappa shape index (κ3) is 3.98. The van der Waals surface area contributed by atoms with E-state index < -0.39 is 0 Å². The fourth-order valence-corrected chi connectivity index (χ4v) is 3.20. The molecule has 1 amide bonds. The number of halogens is 2. The topological polar surface area (TPSA) is 32.3 Å². The summed E-state index contributed by atoms with van der Waals surface area (Å²) in [6.07, 6.45) is 1.66. The molecule has 1 aliphatic rings. The van der Waals surface area contributed by atoms with Crippen LogP contribution < -0.4 is 10.2 Å². The first kappa shape index (κ1) is 16.2. The smallest absolute Gasteiger partial charge is 0.227 e. The molecule has 0 spiro atoms. The molecular weight excluding hydrogens is 331 g/mol. The molecule has 5 heteroatoms. The van der Waals surface area contributed by atoms with Crippen LogP contribution in [0.4, 0.5) is 11.4 Å². The molecule has 0 atom stereocenters. The Kier molecular flexibility index (Phi) is 5.09. The molecule has 1 N–H and O–H groups in total. The number of para-hydroxylation sites is 1. The zero-order valence-electron chi connectivity index (χ0n) is 12.6. The molecule has 0 radical (unpaired) electrons. The van der Waals surface area contributed by atoms with Gasteiger partial charge in [0, 0.05) is 29.7 Å². The van der Waals surface area contributed by atoms with Crippen LogP contribution in [-0.2, 0) is 4.79 Å². The van der Waals surface area contributed by atoms with Crippen molar-refractivity contribution in [2.75, 3.05) is 23.3 Å². The zero-order valence-corrected chi connectivity index (χ0v) is 14.1. The molecule has 1 heterocycles. The molecule has 2 aromatic carbocycles. The van der Waals surface area contributed by atoms with Gasteiger partial charge in [0.2, 0.25) is 5.91 Å². The van der Waals surface area contributed by atoms with E-state index in [0.717, 1.165) is 25.9 Å². The van der Waals surface area contributed by atoms with Gasteiger partial charge in [-0.3, -0.25) is 4.79 Å². The van der Waals surface area contributed by atoms with E-state index in [1.54, 1.807) is 18.2 Å². The van der Waals surface area contributed by atoms with Crippen LogP contribution in [0, 0.1) is 5.92 Å². The number of amides is 1. The van der Waals surface area contributed by atoms with E-state index in [9.17, 15) is 4.79 Å². The van der Waals surface area contributed by atoms with E-state index in [0.29, 0.717) is 15.7 Å². The number of nitrogens with one attached hydrogen (secondary N) is 1. The van der Waals surface area contributed by atoms with E-state index in [1.165, 1.54) is 5.69 Å². The van der Waals surface area contributed by atoms with Crippen molar-refractivity contribution in [3.63, 3.8) is 0 Å². The quantitative estimate of drug-likeness (QED) is 0.859. The van der Waals surface area contributed by atoms with E-state index >= 15 is 0 Å². The first-order valence-electron chi connectivity index (χ1n) is 7.69. The molecular formula is C18H18Cl2N2O. The van der Waals surface area contributed by atoms with Crippen LogP contribution in [0.3, 0.4) is 0 Å². The number of benzene rings is 2. The highest BCUT2D eigenvalue weighted by molar-refractivity contribution is 6.35. The molecule has 0 saturated carbocycles. The third-order valence-electron chi connectivity index (χ3n) is 4.17. The minimum absolute atomic E-state index is 0.00464. The van der Waals surface area contributed by atoms with Crippen LogP contribution >= 0.6 is 23.2 Å². The average molecular weight is 349 g/mol. The Bertz CT molecular complexity index is 683. The Labute approximate surface area is 146 Å². The van der Waals surface area contributed by atoms with Gasteiger partial charge in [0.05, 0.1) is 10.7 Å². The Balaban J connectivity index is 1.59. The molecule has 3 rings (SSSR count). The lowest BCUT2D eigenvalue weighted by atomic mass is 9.95. The summed E-state index contributed by atoms with van der Waals surface area (Å²) < 4.78 is 0. The van der Waals surface area contributed by atoms with Crippen molar-refractivity contribution in [1.82, 2.24) is 0 Å². The van der Waals surface area contributed by atoms with E-state index in [1.807, 2.05) is 18.2 Å². The number of anilines is 2. The predicted molar refractivity (Wildman–Crippen MR) is 96.5 cm³/mol. The molecule has 23 heavy (non-hydrogen) atoms. The standard InChI is InChI=1S/C18H18Cl2N2O/c19-14-6-7-16(20)17(12-14)21-18(23)13-8-10-22(11-9-13)15-4-2-1-3-5-15/h1-7,12-13H,8-11H2,(H,21,23). The highest BCUT2D eigenvalue weighted by Crippen LogP contribution is 2.28. The Morgan fingerprint density at radius 1 is 1.04 bits per heavy atom. The average Bonchev–Trinajstić information content (AvgIpc) is 2.59. The summed E-state index contributed by atoms with van der Waals surface area (Å²) in [4.78, 5) is 14.8. The highest BCUT2D eigenvalue weighted by atomic mass is 35.5. The Morgan fingerprint density at radius 3 is 2.43 bits per heavy atom. The maximum Gasteiger partial charge on any atom is 0.227 e. The van der Waals surface area contributed by atoms with Gasteiger partial charge in [0.1, 0.15) is 0 Å². The molecule has 1 fully saturated rings. The normalized spacial score (nSPS) is 15.5. The fraction of sp³-hybridized carbons (Fsp3) is 0.278. The zero-order chi connectivity index (χ0) is 16.2. The maximum absolute atomic E-state index is 12.4. The first-order chi connectivity index (χ1) is 11.1. The van der Waals surface area contributed by atoms with E-state index in [4.69, 9.17) is 23.2 Å². The molecule has 0 aliphatic carbocycles. The summed E-state index contributed by atoms with van der Waals surface area (Å²) >= 11 is 12.1. The molecule has 0 aromatic heterocycles. The van der Waals surface area contributed by atoms with Crippen LogP contribution in [0.15, 0.2) is 48.5 Å². The summed E-state index contributed by atoms with van der Waals surface area (Å²) in [5.74, 6) is 0.0203. The minimum Gasteiger partial charge on any atom is -0.371 e. The number of hydrogen-bond acceptors (Lipinski definition) is 2. The lowest BCUT2D eigenvalue weighted by molar-refractivity contribution is -0.120. The van der Waals surface area contributed by atoms with Crippen LogP contribution in [0.2, 0.25) is 10.0 Å². The predicted octanol–water partition coefficient (Wildman–Crippen LogP) is 4.85. The van der Waals surface area contributed by atoms with Gasteiger partial charge in [-0.15, -0.1) is 0 Å². The lowest BCUT2D eigenvalue weighted by Crippen LogP contribution is -2.38. The number of nitrogens with zero attached hydrogens (tertiary/aromatic N) is 1. The van der Waals surface area contributed by atoms with Crippen LogP contribution in [0.25, 0.3) is 0 Å². The fourth-order valence-electron chi connectivity index (χ4n) is 2.87. The largest absolute Gasteiger partial charge is 0.371 e. The van der Waals surface area contributed by atoms with Gasteiger partial charge in [0.25, 0.3) is 0 Å². The maximum atomic E-state index is 12.4. The number of hydrogen-bond donors (Lipinski definition) is 1. The Hall–Kier alpha value is -1.71. The van der Waals surface area contributed by atoms with E-state index in [-0.39, 0.29) is 11.8 Å². The number of carbonyl (C=O) groups excluding carboxylic acids is 1. The lowest BCUT2D eigenvalue weighted by Gasteiger charge is -2.33. The summed E-state index contributed by atoms with van der Waals surface area (Å²) in [7, 11) is 0. The van der Waals surface area contributed by atoms with Crippen molar-refractivity contribution in [2.45, 2.75) is 12.8 Å². The molecule has 2 aromatic rings. The second kappa shape index (κ2) is 7.24. The Morgan fingerprint density at radius 2 is 1.74 bits per heavy atom. The molecule has 3 nitrogen and oxygen atoms in total. The van der Waals surface area contributed by atoms with Crippen molar-refractivity contribution < 1.29 is 4.79 Å².